The van der Waals surface area contributed by atoms with Crippen LogP contribution in [0, 0.1) is 0 Å². The average Bonchev–Trinajstić information content (AvgIpc) is 3.13. The van der Waals surface area contributed by atoms with Crippen molar-refractivity contribution < 1.29 is 9.90 Å². The number of rotatable bonds is 5. The highest BCUT2D eigenvalue weighted by Crippen LogP contribution is 2.25. The van der Waals surface area contributed by atoms with Gasteiger partial charge >= 0.3 is 0 Å². The van der Waals surface area contributed by atoms with Crippen molar-refractivity contribution in [1.82, 2.24) is 14.7 Å². The highest BCUT2D eigenvalue weighted by molar-refractivity contribution is 5.87. The standard InChI is InChI=1S/C22H19N3O2/c26-19-12-7-13-25-15-18(24-21(19)25)14-23-22(27)20(16-8-3-1-4-9-16)17-10-5-2-6-11-17/h1-13,15,20,26H,14H2,(H,23,27). The molecule has 2 aromatic carbocycles. The molecule has 134 valence electrons. The summed E-state index contributed by atoms with van der Waals surface area (Å²) in [4.78, 5) is 17.4. The lowest BCUT2D eigenvalue weighted by atomic mass is 9.90. The Hall–Kier alpha value is -3.60. The minimum atomic E-state index is -0.391. The average molecular weight is 357 g/mol. The molecule has 0 saturated heterocycles. The molecule has 4 rings (SSSR count). The summed E-state index contributed by atoms with van der Waals surface area (Å²) in [5.41, 5.74) is 3.04. The number of hydrogen-bond acceptors (Lipinski definition) is 3. The molecule has 0 aliphatic heterocycles. The van der Waals surface area contributed by atoms with Crippen molar-refractivity contribution in [1.29, 1.82) is 0 Å². The third kappa shape index (κ3) is 3.53. The molecule has 5 heteroatoms. The molecule has 27 heavy (non-hydrogen) atoms. The first-order valence-corrected chi connectivity index (χ1v) is 8.75. The summed E-state index contributed by atoms with van der Waals surface area (Å²) in [7, 11) is 0. The number of nitrogens with zero attached hydrogens (tertiary/aromatic N) is 2. The van der Waals surface area contributed by atoms with Crippen LogP contribution in [0.2, 0.25) is 0 Å². The van der Waals surface area contributed by atoms with Gasteiger partial charge < -0.3 is 14.8 Å². The summed E-state index contributed by atoms with van der Waals surface area (Å²) in [6.07, 6.45) is 3.61. The van der Waals surface area contributed by atoms with Gasteiger partial charge in [-0.2, -0.15) is 0 Å². The first kappa shape index (κ1) is 16.8. The molecule has 0 fully saturated rings. The van der Waals surface area contributed by atoms with E-state index in [4.69, 9.17) is 0 Å². The van der Waals surface area contributed by atoms with E-state index in [1.165, 1.54) is 0 Å². The molecule has 0 spiro atoms. The van der Waals surface area contributed by atoms with Crippen molar-refractivity contribution in [2.45, 2.75) is 12.5 Å². The van der Waals surface area contributed by atoms with E-state index in [0.29, 0.717) is 11.3 Å². The molecule has 5 nitrogen and oxygen atoms in total. The predicted octanol–water partition coefficient (Wildman–Crippen LogP) is 3.49. The number of amides is 1. The molecule has 2 aromatic heterocycles. The number of aromatic hydroxyl groups is 1. The number of carbonyl (C=O) groups is 1. The quantitative estimate of drug-likeness (QED) is 0.575. The van der Waals surface area contributed by atoms with E-state index >= 15 is 0 Å². The number of benzene rings is 2. The van der Waals surface area contributed by atoms with Crippen molar-refractivity contribution >= 4 is 11.6 Å². The maximum absolute atomic E-state index is 13.0. The normalized spacial score (nSPS) is 11.0. The van der Waals surface area contributed by atoms with Crippen LogP contribution in [-0.4, -0.2) is 20.4 Å². The van der Waals surface area contributed by atoms with Gasteiger partial charge in [0.1, 0.15) is 0 Å². The molecule has 0 aliphatic carbocycles. The Labute approximate surface area is 156 Å². The van der Waals surface area contributed by atoms with Crippen LogP contribution in [0.1, 0.15) is 22.7 Å². The first-order valence-electron chi connectivity index (χ1n) is 8.75. The topological polar surface area (TPSA) is 66.6 Å². The smallest absolute Gasteiger partial charge is 0.232 e. The maximum Gasteiger partial charge on any atom is 0.232 e. The molecule has 0 unspecified atom stereocenters. The summed E-state index contributed by atoms with van der Waals surface area (Å²) < 4.78 is 1.74. The molecule has 0 aliphatic rings. The zero-order chi connectivity index (χ0) is 18.6. The van der Waals surface area contributed by atoms with Crippen LogP contribution in [0.25, 0.3) is 5.65 Å². The van der Waals surface area contributed by atoms with E-state index in [-0.39, 0.29) is 18.2 Å². The van der Waals surface area contributed by atoms with E-state index < -0.39 is 5.92 Å². The lowest BCUT2D eigenvalue weighted by Crippen LogP contribution is -2.29. The Balaban J connectivity index is 1.57. The van der Waals surface area contributed by atoms with Crippen LogP contribution in [0.15, 0.2) is 85.2 Å². The molecule has 0 bridgehead atoms. The minimum Gasteiger partial charge on any atom is -0.504 e. The lowest BCUT2D eigenvalue weighted by Gasteiger charge is -2.17. The third-order valence-corrected chi connectivity index (χ3v) is 4.48. The second-order valence-corrected chi connectivity index (χ2v) is 6.33. The van der Waals surface area contributed by atoms with Crippen molar-refractivity contribution in [2.24, 2.45) is 0 Å². The van der Waals surface area contributed by atoms with E-state index in [2.05, 4.69) is 10.3 Å². The molecule has 2 heterocycles. The van der Waals surface area contributed by atoms with Gasteiger partial charge in [0.2, 0.25) is 5.91 Å². The fourth-order valence-corrected chi connectivity index (χ4v) is 3.20. The van der Waals surface area contributed by atoms with Gasteiger partial charge in [-0.15, -0.1) is 0 Å². The van der Waals surface area contributed by atoms with Gasteiger partial charge in [0.05, 0.1) is 18.2 Å². The van der Waals surface area contributed by atoms with Crippen LogP contribution in [0.5, 0.6) is 5.75 Å². The zero-order valence-corrected chi connectivity index (χ0v) is 14.6. The Morgan fingerprint density at radius 3 is 2.19 bits per heavy atom. The van der Waals surface area contributed by atoms with Crippen molar-refractivity contribution in [3.63, 3.8) is 0 Å². The third-order valence-electron chi connectivity index (χ3n) is 4.48. The molecular formula is C22H19N3O2. The van der Waals surface area contributed by atoms with Gasteiger partial charge in [0.15, 0.2) is 11.4 Å². The number of pyridine rings is 1. The Morgan fingerprint density at radius 2 is 1.59 bits per heavy atom. The number of nitrogens with one attached hydrogen (secondary N) is 1. The molecular weight excluding hydrogens is 338 g/mol. The molecule has 4 aromatic rings. The fraction of sp³-hybridized carbons (Fsp3) is 0.0909. The van der Waals surface area contributed by atoms with Gasteiger partial charge in [-0.1, -0.05) is 60.7 Å². The van der Waals surface area contributed by atoms with Crippen LogP contribution in [0.3, 0.4) is 0 Å². The van der Waals surface area contributed by atoms with E-state index in [1.807, 2.05) is 66.9 Å². The highest BCUT2D eigenvalue weighted by Gasteiger charge is 2.22. The van der Waals surface area contributed by atoms with Gasteiger partial charge in [-0.3, -0.25) is 4.79 Å². The van der Waals surface area contributed by atoms with Gasteiger partial charge in [0, 0.05) is 12.4 Å². The Morgan fingerprint density at radius 1 is 0.963 bits per heavy atom. The minimum absolute atomic E-state index is 0.0892. The predicted molar refractivity (Wildman–Crippen MR) is 103 cm³/mol. The number of hydrogen-bond donors (Lipinski definition) is 2. The summed E-state index contributed by atoms with van der Waals surface area (Å²) in [6, 6.07) is 22.8. The molecule has 0 radical (unpaired) electrons. The molecule has 0 atom stereocenters. The summed E-state index contributed by atoms with van der Waals surface area (Å²) in [5, 5.41) is 12.9. The maximum atomic E-state index is 13.0. The largest absolute Gasteiger partial charge is 0.504 e. The van der Waals surface area contributed by atoms with Crippen molar-refractivity contribution in [2.75, 3.05) is 0 Å². The molecule has 1 amide bonds. The summed E-state index contributed by atoms with van der Waals surface area (Å²) in [5.74, 6) is -0.368. The van der Waals surface area contributed by atoms with Gasteiger partial charge in [-0.05, 0) is 23.3 Å². The molecule has 0 saturated carbocycles. The number of fused-ring (bicyclic) bond motifs is 1. The second-order valence-electron chi connectivity index (χ2n) is 6.33. The lowest BCUT2D eigenvalue weighted by molar-refractivity contribution is -0.121. The number of aromatic nitrogens is 2. The number of imidazole rings is 1. The SMILES string of the molecule is O=C(NCc1cn2cccc(O)c2n1)C(c1ccccc1)c1ccccc1. The van der Waals surface area contributed by atoms with Crippen molar-refractivity contribution in [3.05, 3.63) is 102 Å². The summed E-state index contributed by atoms with van der Waals surface area (Å²) >= 11 is 0. The Kier molecular flexibility index (Phi) is 4.58. The number of carbonyl (C=O) groups excluding carboxylic acids is 1. The zero-order valence-electron chi connectivity index (χ0n) is 14.6. The van der Waals surface area contributed by atoms with Gasteiger partial charge in [-0.25, -0.2) is 4.98 Å². The van der Waals surface area contributed by atoms with Crippen LogP contribution in [-0.2, 0) is 11.3 Å². The van der Waals surface area contributed by atoms with E-state index in [0.717, 1.165) is 11.1 Å². The van der Waals surface area contributed by atoms with E-state index in [1.54, 1.807) is 22.7 Å². The first-order chi connectivity index (χ1) is 13.2. The van der Waals surface area contributed by atoms with Crippen LogP contribution in [0.4, 0.5) is 0 Å². The summed E-state index contributed by atoms with van der Waals surface area (Å²) in [6.45, 7) is 0.288. The van der Waals surface area contributed by atoms with Crippen molar-refractivity contribution in [3.8, 4) is 5.75 Å². The molecule has 2 N–H and O–H groups in total. The van der Waals surface area contributed by atoms with Crippen LogP contribution < -0.4 is 5.32 Å². The van der Waals surface area contributed by atoms with Crippen LogP contribution >= 0.6 is 0 Å². The highest BCUT2D eigenvalue weighted by atomic mass is 16.3. The monoisotopic (exact) mass is 357 g/mol. The van der Waals surface area contributed by atoms with Gasteiger partial charge in [0.25, 0.3) is 0 Å². The Bertz CT molecular complexity index is 1020. The van der Waals surface area contributed by atoms with E-state index in [9.17, 15) is 9.90 Å². The second kappa shape index (κ2) is 7.33. The fourth-order valence-electron chi connectivity index (χ4n) is 3.20.